The molecule has 1 aromatic carbocycles. The second-order valence-corrected chi connectivity index (χ2v) is 3.73. The molecule has 0 aromatic heterocycles. The van der Waals surface area contributed by atoms with E-state index in [2.05, 4.69) is 0 Å². The first-order valence-corrected chi connectivity index (χ1v) is 5.47. The summed E-state index contributed by atoms with van der Waals surface area (Å²) in [6.07, 6.45) is -0.496. The fourth-order valence-corrected chi connectivity index (χ4v) is 1.83. The summed E-state index contributed by atoms with van der Waals surface area (Å²) < 4.78 is 21.5. The van der Waals surface area contributed by atoms with Crippen LogP contribution in [0.2, 0.25) is 0 Å². The molecule has 2 atom stereocenters. The first-order valence-electron chi connectivity index (χ1n) is 5.47. The van der Waals surface area contributed by atoms with Gasteiger partial charge >= 0.3 is 0 Å². The molecule has 1 heterocycles. The van der Waals surface area contributed by atoms with E-state index < -0.39 is 0 Å². The minimum absolute atomic E-state index is 0.159. The van der Waals surface area contributed by atoms with Crippen LogP contribution in [-0.4, -0.2) is 33.7 Å². The summed E-state index contributed by atoms with van der Waals surface area (Å²) >= 11 is 0. The summed E-state index contributed by atoms with van der Waals surface area (Å²) in [4.78, 5) is 0. The maximum Gasteiger partial charge on any atom is 0.170 e. The van der Waals surface area contributed by atoms with Gasteiger partial charge in [0.2, 0.25) is 0 Å². The summed E-state index contributed by atoms with van der Waals surface area (Å²) in [5, 5.41) is 0. The molecule has 17 heavy (non-hydrogen) atoms. The minimum atomic E-state index is -0.337. The Morgan fingerprint density at radius 2 is 2.18 bits per heavy atom. The normalized spacial score (nSPS) is 23.7. The third-order valence-electron chi connectivity index (χ3n) is 2.73. The highest BCUT2D eigenvalue weighted by molar-refractivity contribution is 5.42. The third kappa shape index (κ3) is 2.52. The van der Waals surface area contributed by atoms with Gasteiger partial charge in [-0.2, -0.15) is 0 Å². The Labute approximate surface area is 100 Å². The molecule has 5 nitrogen and oxygen atoms in total. The van der Waals surface area contributed by atoms with Gasteiger partial charge in [-0.15, -0.1) is 0 Å². The van der Waals surface area contributed by atoms with Crippen molar-refractivity contribution in [1.29, 1.82) is 0 Å². The fraction of sp³-hybridized carbons (Fsp3) is 0.500. The standard InChI is InChI=1S/C12H17NO4/c1-14-8-3-4-10(15-2)9(5-8)11-7-16-12(6-13)17-11/h3-5,11-12H,6-7,13H2,1-2H3. The van der Waals surface area contributed by atoms with E-state index >= 15 is 0 Å². The molecule has 1 saturated heterocycles. The van der Waals surface area contributed by atoms with E-state index in [0.717, 1.165) is 17.1 Å². The number of hydrogen-bond donors (Lipinski definition) is 1. The van der Waals surface area contributed by atoms with E-state index in [4.69, 9.17) is 24.7 Å². The summed E-state index contributed by atoms with van der Waals surface area (Å²) in [6.45, 7) is 0.828. The van der Waals surface area contributed by atoms with Gasteiger partial charge in [0, 0.05) is 12.1 Å². The van der Waals surface area contributed by atoms with Crippen LogP contribution < -0.4 is 15.2 Å². The Hall–Kier alpha value is -1.30. The highest BCUT2D eigenvalue weighted by Crippen LogP contribution is 2.35. The van der Waals surface area contributed by atoms with Gasteiger partial charge in [-0.05, 0) is 18.2 Å². The predicted octanol–water partition coefficient (Wildman–Crippen LogP) is 1.08. The molecule has 2 unspecified atom stereocenters. The molecule has 2 N–H and O–H groups in total. The smallest absolute Gasteiger partial charge is 0.170 e. The van der Waals surface area contributed by atoms with E-state index in [9.17, 15) is 0 Å². The fourth-order valence-electron chi connectivity index (χ4n) is 1.83. The Kier molecular flexibility index (Phi) is 3.83. The maximum absolute atomic E-state index is 5.66. The summed E-state index contributed by atoms with van der Waals surface area (Å²) in [5.74, 6) is 1.53. The Morgan fingerprint density at radius 3 is 2.76 bits per heavy atom. The molecule has 1 aromatic rings. The van der Waals surface area contributed by atoms with Gasteiger partial charge in [0.05, 0.1) is 20.8 Å². The Morgan fingerprint density at radius 1 is 1.35 bits per heavy atom. The number of benzene rings is 1. The lowest BCUT2D eigenvalue weighted by Crippen LogP contribution is -2.20. The van der Waals surface area contributed by atoms with E-state index in [-0.39, 0.29) is 12.4 Å². The highest BCUT2D eigenvalue weighted by atomic mass is 16.7. The van der Waals surface area contributed by atoms with Gasteiger partial charge in [-0.1, -0.05) is 0 Å². The molecule has 1 fully saturated rings. The van der Waals surface area contributed by atoms with Crippen molar-refractivity contribution in [3.63, 3.8) is 0 Å². The Balaban J connectivity index is 2.24. The predicted molar refractivity (Wildman–Crippen MR) is 62.2 cm³/mol. The zero-order chi connectivity index (χ0) is 12.3. The second kappa shape index (κ2) is 5.35. The molecule has 2 rings (SSSR count). The molecule has 0 aliphatic carbocycles. The highest BCUT2D eigenvalue weighted by Gasteiger charge is 2.28. The van der Waals surface area contributed by atoms with Crippen LogP contribution in [-0.2, 0) is 9.47 Å². The van der Waals surface area contributed by atoms with Crippen molar-refractivity contribution in [3.8, 4) is 11.5 Å². The van der Waals surface area contributed by atoms with Crippen LogP contribution in [0.25, 0.3) is 0 Å². The topological polar surface area (TPSA) is 62.9 Å². The van der Waals surface area contributed by atoms with Gasteiger partial charge in [0.15, 0.2) is 6.29 Å². The van der Waals surface area contributed by atoms with E-state index in [0.29, 0.717) is 13.2 Å². The molecular weight excluding hydrogens is 222 g/mol. The molecule has 1 aliphatic rings. The van der Waals surface area contributed by atoms with Crippen molar-refractivity contribution in [2.24, 2.45) is 5.73 Å². The lowest BCUT2D eigenvalue weighted by Gasteiger charge is -2.15. The number of methoxy groups -OCH3 is 2. The SMILES string of the molecule is COc1ccc(OC)c(C2COC(CN)O2)c1. The van der Waals surface area contributed by atoms with Crippen molar-refractivity contribution in [3.05, 3.63) is 23.8 Å². The number of hydrogen-bond acceptors (Lipinski definition) is 5. The molecular formula is C12H17NO4. The molecule has 5 heteroatoms. The number of ether oxygens (including phenoxy) is 4. The van der Waals surface area contributed by atoms with Crippen molar-refractivity contribution < 1.29 is 18.9 Å². The van der Waals surface area contributed by atoms with E-state index in [1.54, 1.807) is 14.2 Å². The van der Waals surface area contributed by atoms with E-state index in [1.165, 1.54) is 0 Å². The average Bonchev–Trinajstić information content (AvgIpc) is 2.86. The summed E-state index contributed by atoms with van der Waals surface area (Å²) in [6, 6.07) is 5.59. The number of rotatable bonds is 4. The minimum Gasteiger partial charge on any atom is -0.497 e. The molecule has 1 aliphatic heterocycles. The monoisotopic (exact) mass is 239 g/mol. The van der Waals surface area contributed by atoms with Gasteiger partial charge in [0.25, 0.3) is 0 Å². The van der Waals surface area contributed by atoms with Crippen LogP contribution >= 0.6 is 0 Å². The van der Waals surface area contributed by atoms with E-state index in [1.807, 2.05) is 18.2 Å². The van der Waals surface area contributed by atoms with Crippen molar-refractivity contribution in [1.82, 2.24) is 0 Å². The van der Waals surface area contributed by atoms with Crippen LogP contribution in [0.3, 0.4) is 0 Å². The second-order valence-electron chi connectivity index (χ2n) is 3.73. The van der Waals surface area contributed by atoms with Crippen LogP contribution in [0.4, 0.5) is 0 Å². The molecule has 0 bridgehead atoms. The summed E-state index contributed by atoms with van der Waals surface area (Å²) in [7, 11) is 3.25. The first-order chi connectivity index (χ1) is 8.28. The van der Waals surface area contributed by atoms with Crippen LogP contribution in [0, 0.1) is 0 Å². The van der Waals surface area contributed by atoms with Crippen LogP contribution in [0.5, 0.6) is 11.5 Å². The first kappa shape index (κ1) is 12.2. The lowest BCUT2D eigenvalue weighted by molar-refractivity contribution is -0.0500. The van der Waals surface area contributed by atoms with Gasteiger partial charge in [0.1, 0.15) is 17.6 Å². The lowest BCUT2D eigenvalue weighted by atomic mass is 10.1. The van der Waals surface area contributed by atoms with Crippen molar-refractivity contribution >= 4 is 0 Å². The zero-order valence-electron chi connectivity index (χ0n) is 10.0. The number of nitrogens with two attached hydrogens (primary N) is 1. The van der Waals surface area contributed by atoms with Gasteiger partial charge < -0.3 is 24.7 Å². The zero-order valence-corrected chi connectivity index (χ0v) is 10.0. The maximum atomic E-state index is 5.66. The quantitative estimate of drug-likeness (QED) is 0.851. The van der Waals surface area contributed by atoms with Crippen molar-refractivity contribution in [2.75, 3.05) is 27.4 Å². The van der Waals surface area contributed by atoms with Gasteiger partial charge in [-0.25, -0.2) is 0 Å². The summed E-state index contributed by atoms with van der Waals surface area (Å²) in [5.41, 5.74) is 6.41. The molecule has 0 radical (unpaired) electrons. The van der Waals surface area contributed by atoms with Crippen LogP contribution in [0.15, 0.2) is 18.2 Å². The molecule has 0 amide bonds. The molecule has 0 spiro atoms. The third-order valence-corrected chi connectivity index (χ3v) is 2.73. The average molecular weight is 239 g/mol. The van der Waals surface area contributed by atoms with Crippen LogP contribution in [0.1, 0.15) is 11.7 Å². The van der Waals surface area contributed by atoms with Crippen molar-refractivity contribution in [2.45, 2.75) is 12.4 Å². The van der Waals surface area contributed by atoms with Gasteiger partial charge in [-0.3, -0.25) is 0 Å². The Bertz CT molecular complexity index is 383. The molecule has 0 saturated carbocycles. The molecule has 94 valence electrons. The largest absolute Gasteiger partial charge is 0.497 e.